The van der Waals surface area contributed by atoms with Crippen LogP contribution in [-0.4, -0.2) is 9.55 Å². The van der Waals surface area contributed by atoms with Crippen LogP contribution in [0, 0.1) is 11.3 Å². The van der Waals surface area contributed by atoms with Gasteiger partial charge in [-0.25, -0.2) is 4.98 Å². The predicted octanol–water partition coefficient (Wildman–Crippen LogP) is 3.46. The van der Waals surface area contributed by atoms with Gasteiger partial charge in [-0.1, -0.05) is 23.2 Å². The van der Waals surface area contributed by atoms with Gasteiger partial charge in [0.1, 0.15) is 11.0 Å². The first kappa shape index (κ1) is 12.0. The van der Waals surface area contributed by atoms with Gasteiger partial charge in [0.2, 0.25) is 0 Å². The van der Waals surface area contributed by atoms with Crippen LogP contribution in [0.1, 0.15) is 5.69 Å². The molecule has 0 radical (unpaired) electrons. The lowest BCUT2D eigenvalue weighted by Crippen LogP contribution is -1.92. The van der Waals surface area contributed by atoms with Crippen LogP contribution in [0.2, 0.25) is 10.2 Å². The summed E-state index contributed by atoms with van der Waals surface area (Å²) in [7, 11) is 1.82. The lowest BCUT2D eigenvalue weighted by Gasteiger charge is -2.02. The molecular formula is C12H9Cl2N3. The molecule has 0 bridgehead atoms. The molecule has 3 nitrogen and oxygen atoms in total. The minimum Gasteiger partial charge on any atom is -0.318 e. The van der Waals surface area contributed by atoms with Crippen LogP contribution in [0.5, 0.6) is 0 Å². The van der Waals surface area contributed by atoms with Crippen molar-refractivity contribution in [2.24, 2.45) is 7.05 Å². The van der Waals surface area contributed by atoms with Gasteiger partial charge in [0, 0.05) is 17.6 Å². The second-order valence-electron chi connectivity index (χ2n) is 3.57. The molecule has 0 aliphatic heterocycles. The number of aromatic nitrogens is 2. The topological polar surface area (TPSA) is 41.6 Å². The monoisotopic (exact) mass is 265 g/mol. The number of hydrogen-bond acceptors (Lipinski definition) is 2. The van der Waals surface area contributed by atoms with Gasteiger partial charge in [-0.05, 0) is 24.3 Å². The standard InChI is InChI=1S/C12H9Cl2N3/c1-17-11(14)10(6-7-15)16-12(17)8-2-4-9(13)5-3-8/h2-5H,6H2,1H3. The number of halogens is 2. The van der Waals surface area contributed by atoms with Gasteiger partial charge >= 0.3 is 0 Å². The van der Waals surface area contributed by atoms with E-state index in [0.29, 0.717) is 15.9 Å². The van der Waals surface area contributed by atoms with E-state index in [9.17, 15) is 0 Å². The number of nitriles is 1. The van der Waals surface area contributed by atoms with Crippen LogP contribution < -0.4 is 0 Å². The van der Waals surface area contributed by atoms with E-state index >= 15 is 0 Å². The van der Waals surface area contributed by atoms with Gasteiger partial charge in [0.25, 0.3) is 0 Å². The molecule has 5 heteroatoms. The maximum atomic E-state index is 8.68. The van der Waals surface area contributed by atoms with E-state index in [1.54, 1.807) is 16.7 Å². The van der Waals surface area contributed by atoms with E-state index in [4.69, 9.17) is 28.5 Å². The molecular weight excluding hydrogens is 257 g/mol. The second-order valence-corrected chi connectivity index (χ2v) is 4.37. The van der Waals surface area contributed by atoms with Gasteiger partial charge < -0.3 is 4.57 Å². The number of hydrogen-bond donors (Lipinski definition) is 0. The molecule has 0 atom stereocenters. The first-order valence-electron chi connectivity index (χ1n) is 4.97. The van der Waals surface area contributed by atoms with Crippen molar-refractivity contribution in [2.75, 3.05) is 0 Å². The van der Waals surface area contributed by atoms with Crippen molar-refractivity contribution in [3.63, 3.8) is 0 Å². The Hall–Kier alpha value is -1.50. The Morgan fingerprint density at radius 3 is 2.53 bits per heavy atom. The summed E-state index contributed by atoms with van der Waals surface area (Å²) in [5, 5.41) is 9.85. The molecule has 86 valence electrons. The highest BCUT2D eigenvalue weighted by molar-refractivity contribution is 6.31. The van der Waals surface area contributed by atoms with E-state index in [-0.39, 0.29) is 6.42 Å². The molecule has 0 N–H and O–H groups in total. The summed E-state index contributed by atoms with van der Waals surface area (Å²) in [5.41, 5.74) is 1.52. The molecule has 2 rings (SSSR count). The third-order valence-corrected chi connectivity index (χ3v) is 3.16. The highest BCUT2D eigenvalue weighted by Crippen LogP contribution is 2.25. The van der Waals surface area contributed by atoms with Crippen molar-refractivity contribution in [1.29, 1.82) is 5.26 Å². The highest BCUT2D eigenvalue weighted by Gasteiger charge is 2.13. The van der Waals surface area contributed by atoms with Crippen molar-refractivity contribution in [2.45, 2.75) is 6.42 Å². The summed E-state index contributed by atoms with van der Waals surface area (Å²) in [6.45, 7) is 0. The summed E-state index contributed by atoms with van der Waals surface area (Å²) in [6.07, 6.45) is 0.209. The minimum absolute atomic E-state index is 0.209. The Kier molecular flexibility index (Phi) is 3.37. The maximum Gasteiger partial charge on any atom is 0.141 e. The summed E-state index contributed by atoms with van der Waals surface area (Å²) >= 11 is 11.9. The summed E-state index contributed by atoms with van der Waals surface area (Å²) < 4.78 is 1.76. The maximum absolute atomic E-state index is 8.68. The normalized spacial score (nSPS) is 10.2. The van der Waals surface area contributed by atoms with Gasteiger partial charge in [0.15, 0.2) is 0 Å². The van der Waals surface area contributed by atoms with Gasteiger partial charge in [0.05, 0.1) is 18.2 Å². The third kappa shape index (κ3) is 2.28. The Labute approximate surface area is 109 Å². The average Bonchev–Trinajstić information content (AvgIpc) is 2.59. The number of nitrogens with zero attached hydrogens (tertiary/aromatic N) is 3. The zero-order valence-corrected chi connectivity index (χ0v) is 10.6. The van der Waals surface area contributed by atoms with E-state index in [1.807, 2.05) is 25.2 Å². The van der Waals surface area contributed by atoms with Crippen molar-refractivity contribution in [3.8, 4) is 17.5 Å². The molecule has 0 aliphatic rings. The van der Waals surface area contributed by atoms with Crippen molar-refractivity contribution < 1.29 is 0 Å². The van der Waals surface area contributed by atoms with Gasteiger partial charge in [-0.15, -0.1) is 0 Å². The number of imidazole rings is 1. The zero-order chi connectivity index (χ0) is 12.4. The fraction of sp³-hybridized carbons (Fsp3) is 0.167. The SMILES string of the molecule is Cn1c(-c2ccc(Cl)cc2)nc(CC#N)c1Cl. The molecule has 0 aliphatic carbocycles. The van der Waals surface area contributed by atoms with Gasteiger partial charge in [-0.2, -0.15) is 5.26 Å². The first-order chi connectivity index (χ1) is 8.13. The molecule has 0 amide bonds. The summed E-state index contributed by atoms with van der Waals surface area (Å²) in [6, 6.07) is 9.38. The lowest BCUT2D eigenvalue weighted by molar-refractivity contribution is 0.924. The zero-order valence-electron chi connectivity index (χ0n) is 9.11. The van der Waals surface area contributed by atoms with Crippen molar-refractivity contribution >= 4 is 23.2 Å². The molecule has 0 saturated heterocycles. The lowest BCUT2D eigenvalue weighted by atomic mass is 10.2. The Morgan fingerprint density at radius 2 is 1.94 bits per heavy atom. The smallest absolute Gasteiger partial charge is 0.141 e. The quantitative estimate of drug-likeness (QED) is 0.835. The van der Waals surface area contributed by atoms with E-state index in [1.165, 1.54) is 0 Å². The van der Waals surface area contributed by atoms with E-state index in [0.717, 1.165) is 11.4 Å². The number of rotatable bonds is 2. The molecule has 0 saturated carbocycles. The predicted molar refractivity (Wildman–Crippen MR) is 68.0 cm³/mol. The Balaban J connectivity index is 2.49. The van der Waals surface area contributed by atoms with E-state index in [2.05, 4.69) is 4.98 Å². The van der Waals surface area contributed by atoms with Crippen LogP contribution in [0.3, 0.4) is 0 Å². The largest absolute Gasteiger partial charge is 0.318 e. The Bertz CT molecular complexity index is 579. The molecule has 2 aromatic rings. The molecule has 17 heavy (non-hydrogen) atoms. The molecule has 0 spiro atoms. The minimum atomic E-state index is 0.209. The van der Waals surface area contributed by atoms with Crippen molar-refractivity contribution in [3.05, 3.63) is 40.1 Å². The van der Waals surface area contributed by atoms with Crippen LogP contribution in [0.4, 0.5) is 0 Å². The van der Waals surface area contributed by atoms with Crippen LogP contribution in [-0.2, 0) is 13.5 Å². The summed E-state index contributed by atoms with van der Waals surface area (Å²) in [5.74, 6) is 0.733. The Morgan fingerprint density at radius 1 is 1.29 bits per heavy atom. The van der Waals surface area contributed by atoms with E-state index < -0.39 is 0 Å². The van der Waals surface area contributed by atoms with Crippen LogP contribution in [0.25, 0.3) is 11.4 Å². The third-order valence-electron chi connectivity index (χ3n) is 2.44. The second kappa shape index (κ2) is 4.79. The number of benzene rings is 1. The first-order valence-corrected chi connectivity index (χ1v) is 5.73. The fourth-order valence-electron chi connectivity index (χ4n) is 1.58. The van der Waals surface area contributed by atoms with Crippen LogP contribution in [0.15, 0.2) is 24.3 Å². The van der Waals surface area contributed by atoms with Gasteiger partial charge in [-0.3, -0.25) is 0 Å². The average molecular weight is 266 g/mol. The molecule has 1 aromatic heterocycles. The highest BCUT2D eigenvalue weighted by atomic mass is 35.5. The summed E-state index contributed by atoms with van der Waals surface area (Å²) in [4.78, 5) is 4.36. The molecule has 0 fully saturated rings. The van der Waals surface area contributed by atoms with Crippen molar-refractivity contribution in [1.82, 2.24) is 9.55 Å². The fourth-order valence-corrected chi connectivity index (χ4v) is 1.90. The molecule has 0 unspecified atom stereocenters. The molecule has 1 aromatic carbocycles. The van der Waals surface area contributed by atoms with Crippen LogP contribution >= 0.6 is 23.2 Å². The molecule has 1 heterocycles.